The maximum Gasteiger partial charge on any atom is 0.225 e. The first-order chi connectivity index (χ1) is 6.92. The van der Waals surface area contributed by atoms with Crippen molar-refractivity contribution < 1.29 is 4.79 Å². The molecule has 0 N–H and O–H groups in total. The van der Waals surface area contributed by atoms with Gasteiger partial charge in [-0.2, -0.15) is 0 Å². The van der Waals surface area contributed by atoms with Gasteiger partial charge in [0.2, 0.25) is 5.91 Å². The fourth-order valence-electron chi connectivity index (χ4n) is 2.42. The first-order valence-electron chi connectivity index (χ1n) is 5.84. The fourth-order valence-corrected chi connectivity index (χ4v) is 2.77. The van der Waals surface area contributed by atoms with Crippen LogP contribution in [0.25, 0.3) is 0 Å². The maximum atomic E-state index is 12.1. The van der Waals surface area contributed by atoms with E-state index in [0.29, 0.717) is 22.6 Å². The molecule has 1 aliphatic heterocycles. The van der Waals surface area contributed by atoms with Crippen LogP contribution in [-0.2, 0) is 4.79 Å². The van der Waals surface area contributed by atoms with E-state index in [0.717, 1.165) is 25.9 Å². The van der Waals surface area contributed by atoms with E-state index in [1.54, 1.807) is 0 Å². The summed E-state index contributed by atoms with van der Waals surface area (Å²) < 4.78 is 0. The molecule has 1 saturated carbocycles. The molecular formula is C12H20BrNO. The van der Waals surface area contributed by atoms with Crippen molar-refractivity contribution >= 4 is 21.8 Å². The van der Waals surface area contributed by atoms with Gasteiger partial charge in [0.25, 0.3) is 0 Å². The highest BCUT2D eigenvalue weighted by molar-refractivity contribution is 9.09. The summed E-state index contributed by atoms with van der Waals surface area (Å²) in [5, 5.41) is 0. The molecule has 15 heavy (non-hydrogen) atoms. The van der Waals surface area contributed by atoms with Gasteiger partial charge in [-0.25, -0.2) is 0 Å². The Bertz CT molecular complexity index is 277. The summed E-state index contributed by atoms with van der Waals surface area (Å²) in [5.41, 5.74) is 0.214. The summed E-state index contributed by atoms with van der Waals surface area (Å²) in [6, 6.07) is 0. The molecule has 2 rings (SSSR count). The number of alkyl halides is 1. The number of hydrogen-bond acceptors (Lipinski definition) is 1. The second-order valence-electron chi connectivity index (χ2n) is 5.82. The maximum absolute atomic E-state index is 12.1. The Morgan fingerprint density at radius 3 is 2.53 bits per heavy atom. The molecule has 3 unspecified atom stereocenters. The zero-order valence-electron chi connectivity index (χ0n) is 9.79. The predicted molar refractivity (Wildman–Crippen MR) is 65.0 cm³/mol. The molecule has 2 nitrogen and oxygen atoms in total. The molecule has 0 radical (unpaired) electrons. The lowest BCUT2D eigenvalue weighted by atomic mass is 9.84. The van der Waals surface area contributed by atoms with Crippen LogP contribution in [0.4, 0.5) is 0 Å². The van der Waals surface area contributed by atoms with Crippen LogP contribution in [-0.4, -0.2) is 28.7 Å². The molecule has 0 aromatic heterocycles. The summed E-state index contributed by atoms with van der Waals surface area (Å²) in [6.07, 6.45) is 2.19. The van der Waals surface area contributed by atoms with Crippen LogP contribution in [0.15, 0.2) is 0 Å². The van der Waals surface area contributed by atoms with Crippen LogP contribution in [0.5, 0.6) is 0 Å². The van der Waals surface area contributed by atoms with Crippen LogP contribution < -0.4 is 0 Å². The highest BCUT2D eigenvalue weighted by Gasteiger charge is 2.44. The van der Waals surface area contributed by atoms with E-state index in [1.165, 1.54) is 0 Å². The zero-order chi connectivity index (χ0) is 11.2. The van der Waals surface area contributed by atoms with Crippen molar-refractivity contribution in [2.24, 2.45) is 17.3 Å². The molecule has 3 atom stereocenters. The van der Waals surface area contributed by atoms with Crippen LogP contribution in [0, 0.1) is 17.3 Å². The average Bonchev–Trinajstić information content (AvgIpc) is 2.86. The number of carbonyl (C=O) groups is 1. The van der Waals surface area contributed by atoms with Crippen molar-refractivity contribution in [2.45, 2.75) is 38.4 Å². The standard InChI is InChI=1S/C12H20BrNO/c1-8-6-9(8)11(15)14-5-4-10(13)12(2,3)7-14/h8-10H,4-7H2,1-3H3. The molecule has 2 fully saturated rings. The van der Waals surface area contributed by atoms with Gasteiger partial charge in [0.1, 0.15) is 0 Å². The van der Waals surface area contributed by atoms with E-state index < -0.39 is 0 Å². The van der Waals surface area contributed by atoms with Crippen molar-refractivity contribution in [3.05, 3.63) is 0 Å². The number of piperidine rings is 1. The van der Waals surface area contributed by atoms with Gasteiger partial charge in [-0.05, 0) is 24.2 Å². The highest BCUT2D eigenvalue weighted by atomic mass is 79.9. The predicted octanol–water partition coefficient (Wildman–Crippen LogP) is 2.66. The Hall–Kier alpha value is -0.0500. The lowest BCUT2D eigenvalue weighted by Crippen LogP contribution is -2.49. The number of rotatable bonds is 1. The van der Waals surface area contributed by atoms with Gasteiger partial charge >= 0.3 is 0 Å². The Morgan fingerprint density at radius 1 is 1.47 bits per heavy atom. The van der Waals surface area contributed by atoms with Crippen LogP contribution in [0.1, 0.15) is 33.6 Å². The molecule has 0 aromatic carbocycles. The molecule has 1 amide bonds. The number of amides is 1. The summed E-state index contributed by atoms with van der Waals surface area (Å²) >= 11 is 3.71. The minimum absolute atomic E-state index is 0.214. The minimum atomic E-state index is 0.214. The average molecular weight is 274 g/mol. The third kappa shape index (κ3) is 2.22. The van der Waals surface area contributed by atoms with Gasteiger partial charge in [0.15, 0.2) is 0 Å². The largest absolute Gasteiger partial charge is 0.342 e. The third-order valence-corrected chi connectivity index (χ3v) is 5.53. The van der Waals surface area contributed by atoms with Crippen molar-refractivity contribution in [3.63, 3.8) is 0 Å². The quantitative estimate of drug-likeness (QED) is 0.673. The van der Waals surface area contributed by atoms with Gasteiger partial charge in [-0.15, -0.1) is 0 Å². The Labute approximate surface area is 101 Å². The molecule has 1 aliphatic carbocycles. The molecule has 1 saturated heterocycles. The molecular weight excluding hydrogens is 254 g/mol. The number of likely N-dealkylation sites (tertiary alicyclic amines) is 1. The first kappa shape index (κ1) is 11.4. The van der Waals surface area contributed by atoms with Crippen LogP contribution in [0.2, 0.25) is 0 Å². The van der Waals surface area contributed by atoms with Gasteiger partial charge in [-0.1, -0.05) is 36.7 Å². The van der Waals surface area contributed by atoms with Crippen molar-refractivity contribution in [3.8, 4) is 0 Å². The zero-order valence-corrected chi connectivity index (χ0v) is 11.4. The van der Waals surface area contributed by atoms with Gasteiger partial charge in [-0.3, -0.25) is 4.79 Å². The first-order valence-corrected chi connectivity index (χ1v) is 6.76. The summed E-state index contributed by atoms with van der Waals surface area (Å²) in [5.74, 6) is 1.37. The van der Waals surface area contributed by atoms with Gasteiger partial charge < -0.3 is 4.90 Å². The number of halogens is 1. The monoisotopic (exact) mass is 273 g/mol. The smallest absolute Gasteiger partial charge is 0.225 e. The highest BCUT2D eigenvalue weighted by Crippen LogP contribution is 2.41. The molecule has 1 heterocycles. The topological polar surface area (TPSA) is 20.3 Å². The minimum Gasteiger partial charge on any atom is -0.342 e. The third-order valence-electron chi connectivity index (χ3n) is 3.84. The van der Waals surface area contributed by atoms with Crippen LogP contribution >= 0.6 is 15.9 Å². The SMILES string of the molecule is CC1CC1C(=O)N1CCC(Br)C(C)(C)C1. The van der Waals surface area contributed by atoms with Crippen molar-refractivity contribution in [1.29, 1.82) is 0 Å². The molecule has 0 aromatic rings. The van der Waals surface area contributed by atoms with E-state index in [2.05, 4.69) is 41.6 Å². The normalized spacial score (nSPS) is 38.9. The van der Waals surface area contributed by atoms with E-state index in [1.807, 2.05) is 0 Å². The Balaban J connectivity index is 1.97. The molecule has 86 valence electrons. The summed E-state index contributed by atoms with van der Waals surface area (Å²) in [6.45, 7) is 8.49. The summed E-state index contributed by atoms with van der Waals surface area (Å²) in [4.78, 5) is 14.7. The van der Waals surface area contributed by atoms with E-state index >= 15 is 0 Å². The molecule has 3 heteroatoms. The number of hydrogen-bond donors (Lipinski definition) is 0. The van der Waals surface area contributed by atoms with Gasteiger partial charge in [0, 0.05) is 23.8 Å². The molecule has 0 bridgehead atoms. The Kier molecular flexibility index (Phi) is 2.87. The second kappa shape index (κ2) is 3.76. The van der Waals surface area contributed by atoms with Gasteiger partial charge in [0.05, 0.1) is 0 Å². The summed E-state index contributed by atoms with van der Waals surface area (Å²) in [7, 11) is 0. The number of carbonyl (C=O) groups excluding carboxylic acids is 1. The molecule has 2 aliphatic rings. The van der Waals surface area contributed by atoms with E-state index in [9.17, 15) is 4.79 Å². The molecule has 0 spiro atoms. The van der Waals surface area contributed by atoms with E-state index in [4.69, 9.17) is 0 Å². The van der Waals surface area contributed by atoms with E-state index in [-0.39, 0.29) is 5.41 Å². The lowest BCUT2D eigenvalue weighted by Gasteiger charge is -2.42. The fraction of sp³-hybridized carbons (Fsp3) is 0.917. The van der Waals surface area contributed by atoms with Crippen molar-refractivity contribution in [2.75, 3.05) is 13.1 Å². The Morgan fingerprint density at radius 2 is 2.07 bits per heavy atom. The van der Waals surface area contributed by atoms with Crippen molar-refractivity contribution in [1.82, 2.24) is 4.90 Å². The number of nitrogens with zero attached hydrogens (tertiary/aromatic N) is 1. The lowest BCUT2D eigenvalue weighted by molar-refractivity contribution is -0.135. The second-order valence-corrected chi connectivity index (χ2v) is 6.93. The van der Waals surface area contributed by atoms with Crippen LogP contribution in [0.3, 0.4) is 0 Å².